The van der Waals surface area contributed by atoms with Crippen LogP contribution in [0.2, 0.25) is 10.0 Å². The Hall–Kier alpha value is -0.480. The SMILES string of the molecule is CC(C)(C)[C@H](N)C(=O)Nc1ccc(Cl)c(Cl)c1.Cl. The number of halogens is 3. The highest BCUT2D eigenvalue weighted by atomic mass is 35.5. The van der Waals surface area contributed by atoms with Gasteiger partial charge in [0.25, 0.3) is 0 Å². The topological polar surface area (TPSA) is 55.1 Å². The molecule has 0 bridgehead atoms. The minimum absolute atomic E-state index is 0. The molecule has 0 spiro atoms. The van der Waals surface area contributed by atoms with Crippen LogP contribution in [0.25, 0.3) is 0 Å². The molecule has 3 nitrogen and oxygen atoms in total. The maximum absolute atomic E-state index is 11.8. The minimum Gasteiger partial charge on any atom is -0.325 e. The van der Waals surface area contributed by atoms with Crippen molar-refractivity contribution in [3.05, 3.63) is 28.2 Å². The molecule has 0 aliphatic heterocycles. The van der Waals surface area contributed by atoms with Crippen LogP contribution < -0.4 is 11.1 Å². The second-order valence-corrected chi connectivity index (χ2v) is 5.78. The van der Waals surface area contributed by atoms with Gasteiger partial charge in [-0.15, -0.1) is 12.4 Å². The molecule has 1 aromatic carbocycles. The van der Waals surface area contributed by atoms with Crippen LogP contribution in [0.1, 0.15) is 20.8 Å². The molecular formula is C12H17Cl3N2O. The Labute approximate surface area is 123 Å². The number of benzene rings is 1. The molecule has 0 saturated heterocycles. The van der Waals surface area contributed by atoms with Gasteiger partial charge in [0, 0.05) is 5.69 Å². The predicted octanol–water partition coefficient (Wildman–Crippen LogP) is 3.73. The van der Waals surface area contributed by atoms with Crippen LogP contribution in [0.15, 0.2) is 18.2 Å². The number of carbonyl (C=O) groups is 1. The molecule has 0 aromatic heterocycles. The summed E-state index contributed by atoms with van der Waals surface area (Å²) < 4.78 is 0. The summed E-state index contributed by atoms with van der Waals surface area (Å²) in [5, 5.41) is 3.56. The van der Waals surface area contributed by atoms with Gasteiger partial charge in [0.05, 0.1) is 16.1 Å². The first kappa shape index (κ1) is 17.5. The number of amides is 1. The van der Waals surface area contributed by atoms with Gasteiger partial charge in [0.2, 0.25) is 5.91 Å². The maximum Gasteiger partial charge on any atom is 0.241 e. The number of hydrogen-bond donors (Lipinski definition) is 2. The van der Waals surface area contributed by atoms with E-state index in [1.807, 2.05) is 20.8 Å². The first-order valence-corrected chi connectivity index (χ1v) is 5.99. The highest BCUT2D eigenvalue weighted by Gasteiger charge is 2.27. The predicted molar refractivity (Wildman–Crippen MR) is 79.8 cm³/mol. The Bertz CT molecular complexity index is 430. The van der Waals surface area contributed by atoms with E-state index >= 15 is 0 Å². The van der Waals surface area contributed by atoms with Crippen molar-refractivity contribution in [1.29, 1.82) is 0 Å². The van der Waals surface area contributed by atoms with E-state index in [2.05, 4.69) is 5.32 Å². The molecule has 102 valence electrons. The van der Waals surface area contributed by atoms with Gasteiger partial charge in [-0.05, 0) is 23.6 Å². The van der Waals surface area contributed by atoms with E-state index in [1.54, 1.807) is 18.2 Å². The van der Waals surface area contributed by atoms with Crippen molar-refractivity contribution in [3.63, 3.8) is 0 Å². The normalized spacial score (nSPS) is 12.6. The van der Waals surface area contributed by atoms with Crippen molar-refractivity contribution in [2.75, 3.05) is 5.32 Å². The average molecular weight is 312 g/mol. The Balaban J connectivity index is 0.00000289. The van der Waals surface area contributed by atoms with Crippen molar-refractivity contribution in [1.82, 2.24) is 0 Å². The summed E-state index contributed by atoms with van der Waals surface area (Å²) in [5.41, 5.74) is 6.13. The third-order valence-corrected chi connectivity index (χ3v) is 3.14. The average Bonchev–Trinajstić information content (AvgIpc) is 2.21. The Morgan fingerprint density at radius 3 is 2.28 bits per heavy atom. The molecule has 0 unspecified atom stereocenters. The molecule has 0 radical (unpaired) electrons. The van der Waals surface area contributed by atoms with Crippen molar-refractivity contribution in [3.8, 4) is 0 Å². The monoisotopic (exact) mass is 310 g/mol. The van der Waals surface area contributed by atoms with Crippen LogP contribution in [0.3, 0.4) is 0 Å². The number of nitrogens with two attached hydrogens (primary N) is 1. The highest BCUT2D eigenvalue weighted by molar-refractivity contribution is 6.42. The molecule has 1 amide bonds. The Kier molecular flexibility index (Phi) is 6.44. The van der Waals surface area contributed by atoms with Gasteiger partial charge in [-0.2, -0.15) is 0 Å². The van der Waals surface area contributed by atoms with Crippen LogP contribution in [0, 0.1) is 5.41 Å². The lowest BCUT2D eigenvalue weighted by Crippen LogP contribution is -2.45. The van der Waals surface area contributed by atoms with E-state index in [0.717, 1.165) is 0 Å². The van der Waals surface area contributed by atoms with E-state index in [9.17, 15) is 4.79 Å². The second kappa shape index (κ2) is 6.62. The zero-order valence-electron chi connectivity index (χ0n) is 10.5. The van der Waals surface area contributed by atoms with Gasteiger partial charge >= 0.3 is 0 Å². The molecule has 3 N–H and O–H groups in total. The summed E-state index contributed by atoms with van der Waals surface area (Å²) in [6, 6.07) is 4.32. The molecular weight excluding hydrogens is 295 g/mol. The van der Waals surface area contributed by atoms with E-state index in [0.29, 0.717) is 15.7 Å². The number of nitrogens with one attached hydrogen (secondary N) is 1. The first-order valence-electron chi connectivity index (χ1n) is 5.23. The lowest BCUT2D eigenvalue weighted by Gasteiger charge is -2.25. The van der Waals surface area contributed by atoms with Crippen LogP contribution in [-0.4, -0.2) is 11.9 Å². The molecule has 1 atom stereocenters. The lowest BCUT2D eigenvalue weighted by atomic mass is 9.87. The molecule has 0 heterocycles. The van der Waals surface area contributed by atoms with E-state index in [4.69, 9.17) is 28.9 Å². The molecule has 0 aliphatic carbocycles. The zero-order chi connectivity index (χ0) is 13.2. The lowest BCUT2D eigenvalue weighted by molar-refractivity contribution is -0.119. The summed E-state index contributed by atoms with van der Waals surface area (Å²) in [7, 11) is 0. The van der Waals surface area contributed by atoms with Gasteiger partial charge in [-0.3, -0.25) is 4.79 Å². The highest BCUT2D eigenvalue weighted by Crippen LogP contribution is 2.25. The van der Waals surface area contributed by atoms with Crippen LogP contribution in [0.4, 0.5) is 5.69 Å². The van der Waals surface area contributed by atoms with Gasteiger partial charge in [-0.25, -0.2) is 0 Å². The fraction of sp³-hybridized carbons (Fsp3) is 0.417. The quantitative estimate of drug-likeness (QED) is 0.874. The molecule has 0 fully saturated rings. The van der Waals surface area contributed by atoms with Crippen molar-refractivity contribution in [2.45, 2.75) is 26.8 Å². The zero-order valence-corrected chi connectivity index (χ0v) is 12.8. The number of hydrogen-bond acceptors (Lipinski definition) is 2. The molecule has 18 heavy (non-hydrogen) atoms. The Morgan fingerprint density at radius 2 is 1.83 bits per heavy atom. The van der Waals surface area contributed by atoms with Gasteiger partial charge < -0.3 is 11.1 Å². The molecule has 6 heteroatoms. The Morgan fingerprint density at radius 1 is 1.28 bits per heavy atom. The summed E-state index contributed by atoms with van der Waals surface area (Å²) in [6.07, 6.45) is 0. The summed E-state index contributed by atoms with van der Waals surface area (Å²) in [5.74, 6) is -0.240. The standard InChI is InChI=1S/C12H16Cl2N2O.ClH/c1-12(2,3)10(15)11(17)16-7-4-5-8(13)9(14)6-7;/h4-6,10H,15H2,1-3H3,(H,16,17);1H/t10-;/m1./s1. The molecule has 1 aromatic rings. The minimum atomic E-state index is -0.586. The van der Waals surface area contributed by atoms with Crippen LogP contribution >= 0.6 is 35.6 Å². The second-order valence-electron chi connectivity index (χ2n) is 4.96. The maximum atomic E-state index is 11.8. The van der Waals surface area contributed by atoms with E-state index in [-0.39, 0.29) is 23.7 Å². The van der Waals surface area contributed by atoms with Crippen LogP contribution in [-0.2, 0) is 4.79 Å². The van der Waals surface area contributed by atoms with Crippen molar-refractivity contribution < 1.29 is 4.79 Å². The fourth-order valence-corrected chi connectivity index (χ4v) is 1.49. The third kappa shape index (κ3) is 4.65. The largest absolute Gasteiger partial charge is 0.325 e. The van der Waals surface area contributed by atoms with Gasteiger partial charge in [0.15, 0.2) is 0 Å². The van der Waals surface area contributed by atoms with Gasteiger partial charge in [0.1, 0.15) is 0 Å². The third-order valence-electron chi connectivity index (χ3n) is 2.40. The fourth-order valence-electron chi connectivity index (χ4n) is 1.19. The first-order chi connectivity index (χ1) is 7.71. The molecule has 1 rings (SSSR count). The smallest absolute Gasteiger partial charge is 0.241 e. The van der Waals surface area contributed by atoms with Crippen LogP contribution in [0.5, 0.6) is 0 Å². The van der Waals surface area contributed by atoms with Gasteiger partial charge in [-0.1, -0.05) is 44.0 Å². The van der Waals surface area contributed by atoms with E-state index in [1.165, 1.54) is 0 Å². The summed E-state index contributed by atoms with van der Waals surface area (Å²) >= 11 is 11.6. The number of carbonyl (C=O) groups excluding carboxylic acids is 1. The van der Waals surface area contributed by atoms with Crippen molar-refractivity contribution >= 4 is 47.2 Å². The van der Waals surface area contributed by atoms with E-state index < -0.39 is 6.04 Å². The van der Waals surface area contributed by atoms with Crippen molar-refractivity contribution in [2.24, 2.45) is 11.1 Å². The molecule has 0 saturated carbocycles. The number of anilines is 1. The molecule has 0 aliphatic rings. The summed E-state index contributed by atoms with van der Waals surface area (Å²) in [4.78, 5) is 11.8. The number of rotatable bonds is 2. The summed E-state index contributed by atoms with van der Waals surface area (Å²) in [6.45, 7) is 5.73.